The van der Waals surface area contributed by atoms with Gasteiger partial charge in [-0.05, 0) is 56.0 Å². The molecular weight excluding hydrogens is 222 g/mol. The van der Waals surface area contributed by atoms with E-state index in [0.29, 0.717) is 0 Å². The van der Waals surface area contributed by atoms with Crippen LogP contribution in [0.3, 0.4) is 0 Å². The van der Waals surface area contributed by atoms with E-state index >= 15 is 0 Å². The lowest BCUT2D eigenvalue weighted by atomic mass is 9.82. The second kappa shape index (κ2) is 5.43. The number of aromatic nitrogens is 2. The number of nitrogens with zero attached hydrogens (tertiary/aromatic N) is 2. The zero-order valence-electron chi connectivity index (χ0n) is 11.4. The third kappa shape index (κ3) is 3.14. The van der Waals surface area contributed by atoms with Crippen LogP contribution in [-0.2, 0) is 13.5 Å². The van der Waals surface area contributed by atoms with Crippen molar-refractivity contribution in [1.82, 2.24) is 15.1 Å². The quantitative estimate of drug-likeness (QED) is 0.866. The summed E-state index contributed by atoms with van der Waals surface area (Å²) < 4.78 is 1.89. The summed E-state index contributed by atoms with van der Waals surface area (Å²) in [4.78, 5) is 0. The van der Waals surface area contributed by atoms with E-state index in [1.165, 1.54) is 44.1 Å². The molecule has 0 amide bonds. The van der Waals surface area contributed by atoms with E-state index in [9.17, 15) is 0 Å². The SMILES string of the molecule is Cn1cc(CCNC2CCCC(C3CC3)C2)cn1. The predicted molar refractivity (Wildman–Crippen MR) is 73.4 cm³/mol. The van der Waals surface area contributed by atoms with Crippen molar-refractivity contribution in [3.63, 3.8) is 0 Å². The lowest BCUT2D eigenvalue weighted by Crippen LogP contribution is -2.35. The third-order valence-electron chi connectivity index (χ3n) is 4.61. The summed E-state index contributed by atoms with van der Waals surface area (Å²) in [6.07, 6.45) is 14.0. The number of hydrogen-bond acceptors (Lipinski definition) is 2. The Morgan fingerprint density at radius 2 is 2.17 bits per heavy atom. The molecule has 0 spiro atoms. The van der Waals surface area contributed by atoms with Gasteiger partial charge in [0.15, 0.2) is 0 Å². The molecule has 0 aliphatic heterocycles. The number of hydrogen-bond donors (Lipinski definition) is 1. The smallest absolute Gasteiger partial charge is 0.0522 e. The van der Waals surface area contributed by atoms with E-state index in [1.54, 1.807) is 0 Å². The van der Waals surface area contributed by atoms with Crippen LogP contribution in [0.5, 0.6) is 0 Å². The predicted octanol–water partition coefficient (Wildman–Crippen LogP) is 2.52. The second-order valence-electron chi connectivity index (χ2n) is 6.19. The average molecular weight is 247 g/mol. The largest absolute Gasteiger partial charge is 0.314 e. The minimum Gasteiger partial charge on any atom is -0.314 e. The summed E-state index contributed by atoms with van der Waals surface area (Å²) in [5, 5.41) is 7.97. The Morgan fingerprint density at radius 1 is 1.28 bits per heavy atom. The van der Waals surface area contributed by atoms with E-state index in [2.05, 4.69) is 16.6 Å². The van der Waals surface area contributed by atoms with E-state index in [1.807, 2.05) is 17.9 Å². The van der Waals surface area contributed by atoms with Gasteiger partial charge in [-0.2, -0.15) is 5.10 Å². The number of rotatable bonds is 5. The Hall–Kier alpha value is -0.830. The molecular formula is C15H25N3. The first-order chi connectivity index (χ1) is 8.81. The Balaban J connectivity index is 1.39. The van der Waals surface area contributed by atoms with Gasteiger partial charge in [0.25, 0.3) is 0 Å². The van der Waals surface area contributed by atoms with E-state index in [0.717, 1.165) is 30.8 Å². The molecule has 0 aromatic carbocycles. The molecule has 0 radical (unpaired) electrons. The molecule has 2 fully saturated rings. The molecule has 3 heteroatoms. The lowest BCUT2D eigenvalue weighted by molar-refractivity contribution is 0.262. The van der Waals surface area contributed by atoms with Gasteiger partial charge in [-0.3, -0.25) is 4.68 Å². The van der Waals surface area contributed by atoms with Crippen LogP contribution in [0.1, 0.15) is 44.1 Å². The van der Waals surface area contributed by atoms with Crippen molar-refractivity contribution in [2.24, 2.45) is 18.9 Å². The molecule has 100 valence electrons. The van der Waals surface area contributed by atoms with Gasteiger partial charge >= 0.3 is 0 Å². The molecule has 0 bridgehead atoms. The molecule has 0 saturated heterocycles. The fourth-order valence-corrected chi connectivity index (χ4v) is 3.43. The molecule has 2 saturated carbocycles. The first kappa shape index (κ1) is 12.2. The molecule has 3 nitrogen and oxygen atoms in total. The van der Waals surface area contributed by atoms with Gasteiger partial charge < -0.3 is 5.32 Å². The zero-order valence-corrected chi connectivity index (χ0v) is 11.4. The molecule has 1 heterocycles. The van der Waals surface area contributed by atoms with Crippen LogP contribution < -0.4 is 5.32 Å². The second-order valence-corrected chi connectivity index (χ2v) is 6.19. The standard InChI is InChI=1S/C15H25N3/c1-18-11-12(10-17-18)7-8-16-15-4-2-3-14(9-15)13-5-6-13/h10-11,13-16H,2-9H2,1H3. The molecule has 2 aliphatic rings. The Labute approximate surface area is 110 Å². The summed E-state index contributed by atoms with van der Waals surface area (Å²) in [6, 6.07) is 0.779. The van der Waals surface area contributed by atoms with Crippen LogP contribution in [0.4, 0.5) is 0 Å². The van der Waals surface area contributed by atoms with Gasteiger partial charge in [-0.1, -0.05) is 12.8 Å². The van der Waals surface area contributed by atoms with Crippen molar-refractivity contribution < 1.29 is 0 Å². The van der Waals surface area contributed by atoms with Crippen molar-refractivity contribution in [2.75, 3.05) is 6.54 Å². The van der Waals surface area contributed by atoms with E-state index in [4.69, 9.17) is 0 Å². The summed E-state index contributed by atoms with van der Waals surface area (Å²) in [5.74, 6) is 2.13. The highest BCUT2D eigenvalue weighted by atomic mass is 15.2. The van der Waals surface area contributed by atoms with Gasteiger partial charge in [-0.15, -0.1) is 0 Å². The first-order valence-corrected chi connectivity index (χ1v) is 7.52. The maximum absolute atomic E-state index is 4.21. The lowest BCUT2D eigenvalue weighted by Gasteiger charge is -2.30. The molecule has 2 atom stereocenters. The summed E-state index contributed by atoms with van der Waals surface area (Å²) in [7, 11) is 1.98. The Kier molecular flexibility index (Phi) is 3.69. The Morgan fingerprint density at radius 3 is 2.89 bits per heavy atom. The maximum Gasteiger partial charge on any atom is 0.0522 e. The molecule has 1 N–H and O–H groups in total. The van der Waals surface area contributed by atoms with Crippen LogP contribution in [0.25, 0.3) is 0 Å². The highest BCUT2D eigenvalue weighted by molar-refractivity contribution is 5.04. The van der Waals surface area contributed by atoms with Crippen molar-refractivity contribution in [1.29, 1.82) is 0 Å². The molecule has 1 aromatic rings. The summed E-state index contributed by atoms with van der Waals surface area (Å²) in [5.41, 5.74) is 1.35. The van der Waals surface area contributed by atoms with Gasteiger partial charge in [0.1, 0.15) is 0 Å². The van der Waals surface area contributed by atoms with E-state index < -0.39 is 0 Å². The number of nitrogens with one attached hydrogen (secondary N) is 1. The van der Waals surface area contributed by atoms with Crippen LogP contribution >= 0.6 is 0 Å². The minimum atomic E-state index is 0.779. The molecule has 2 unspecified atom stereocenters. The third-order valence-corrected chi connectivity index (χ3v) is 4.61. The number of aryl methyl sites for hydroxylation is 1. The maximum atomic E-state index is 4.21. The van der Waals surface area contributed by atoms with E-state index in [-0.39, 0.29) is 0 Å². The van der Waals surface area contributed by atoms with Crippen LogP contribution in [0.2, 0.25) is 0 Å². The highest BCUT2D eigenvalue weighted by Crippen LogP contribution is 2.43. The van der Waals surface area contributed by atoms with Crippen molar-refractivity contribution in [3.05, 3.63) is 18.0 Å². The van der Waals surface area contributed by atoms with Gasteiger partial charge in [0.05, 0.1) is 6.20 Å². The summed E-state index contributed by atoms with van der Waals surface area (Å²) >= 11 is 0. The zero-order chi connectivity index (χ0) is 12.4. The molecule has 1 aromatic heterocycles. The minimum absolute atomic E-state index is 0.779. The normalized spacial score (nSPS) is 28.5. The average Bonchev–Trinajstić information content (AvgIpc) is 3.14. The van der Waals surface area contributed by atoms with Crippen LogP contribution in [-0.4, -0.2) is 22.4 Å². The van der Waals surface area contributed by atoms with Crippen LogP contribution in [0.15, 0.2) is 12.4 Å². The van der Waals surface area contributed by atoms with Crippen molar-refractivity contribution in [2.45, 2.75) is 51.0 Å². The van der Waals surface area contributed by atoms with Gasteiger partial charge in [0.2, 0.25) is 0 Å². The van der Waals surface area contributed by atoms with Crippen molar-refractivity contribution in [3.8, 4) is 0 Å². The summed E-state index contributed by atoms with van der Waals surface area (Å²) in [6.45, 7) is 1.10. The van der Waals surface area contributed by atoms with Gasteiger partial charge in [-0.25, -0.2) is 0 Å². The Bertz CT molecular complexity index is 381. The first-order valence-electron chi connectivity index (χ1n) is 7.52. The van der Waals surface area contributed by atoms with Gasteiger partial charge in [0, 0.05) is 19.3 Å². The highest BCUT2D eigenvalue weighted by Gasteiger charge is 2.34. The molecule has 3 rings (SSSR count). The fraction of sp³-hybridized carbons (Fsp3) is 0.800. The molecule has 18 heavy (non-hydrogen) atoms. The molecule has 2 aliphatic carbocycles. The van der Waals surface area contributed by atoms with Crippen molar-refractivity contribution >= 4 is 0 Å². The van der Waals surface area contributed by atoms with Crippen LogP contribution in [0, 0.1) is 11.8 Å². The fourth-order valence-electron chi connectivity index (χ4n) is 3.43. The monoisotopic (exact) mass is 247 g/mol. The topological polar surface area (TPSA) is 29.9 Å².